The first-order chi connectivity index (χ1) is 20.5. The van der Waals surface area contributed by atoms with E-state index >= 15 is 0 Å². The number of hydrogen-bond acceptors (Lipinski definition) is 5. The number of carbonyl (C=O) groups is 2. The molecular weight excluding hydrogens is 524 g/mol. The fourth-order valence-electron chi connectivity index (χ4n) is 5.50. The van der Waals surface area contributed by atoms with Gasteiger partial charge in [-0.3, -0.25) is 9.59 Å². The molecular formula is C37H72O5. The number of ether oxygens (including phenoxy) is 2. The van der Waals surface area contributed by atoms with Crippen LogP contribution in [0.3, 0.4) is 0 Å². The third kappa shape index (κ3) is 31.8. The Balaban J connectivity index is 3.52. The molecule has 0 radical (unpaired) electrons. The molecule has 0 aliphatic heterocycles. The first-order valence-corrected chi connectivity index (χ1v) is 18.5. The third-order valence-corrected chi connectivity index (χ3v) is 8.33. The zero-order chi connectivity index (χ0) is 30.9. The van der Waals surface area contributed by atoms with Crippen LogP contribution in [-0.4, -0.2) is 36.4 Å². The van der Waals surface area contributed by atoms with Crippen molar-refractivity contribution >= 4 is 11.9 Å². The van der Waals surface area contributed by atoms with E-state index in [-0.39, 0.29) is 25.2 Å². The molecule has 0 aliphatic carbocycles. The van der Waals surface area contributed by atoms with Crippen molar-refractivity contribution in [2.45, 2.75) is 207 Å². The number of unbranched alkanes of at least 4 members (excludes halogenated alkanes) is 23. The molecule has 0 saturated heterocycles. The highest BCUT2D eigenvalue weighted by atomic mass is 16.6. The fourth-order valence-corrected chi connectivity index (χ4v) is 5.50. The van der Waals surface area contributed by atoms with Gasteiger partial charge in [-0.15, -0.1) is 0 Å². The Hall–Kier alpha value is -1.10. The van der Waals surface area contributed by atoms with Crippen LogP contribution in [0, 0.1) is 5.92 Å². The Morgan fingerprint density at radius 1 is 0.524 bits per heavy atom. The normalized spacial score (nSPS) is 12.1. The van der Waals surface area contributed by atoms with Crippen LogP contribution in [0.15, 0.2) is 0 Å². The number of rotatable bonds is 33. The Kier molecular flexibility index (Phi) is 31.9. The summed E-state index contributed by atoms with van der Waals surface area (Å²) in [4.78, 5) is 24.2. The Morgan fingerprint density at radius 2 is 0.881 bits per heavy atom. The smallest absolute Gasteiger partial charge is 0.306 e. The van der Waals surface area contributed by atoms with Crippen LogP contribution in [0.4, 0.5) is 0 Å². The quantitative estimate of drug-likeness (QED) is 0.0602. The van der Waals surface area contributed by atoms with Crippen molar-refractivity contribution in [3.8, 4) is 0 Å². The van der Waals surface area contributed by atoms with Crippen molar-refractivity contribution in [2.24, 2.45) is 5.92 Å². The van der Waals surface area contributed by atoms with E-state index in [1.807, 2.05) is 0 Å². The maximum Gasteiger partial charge on any atom is 0.306 e. The molecule has 0 heterocycles. The standard InChI is InChI=1S/C37H72O5/c1-4-5-6-7-8-9-10-11-12-13-14-18-21-24-27-30-36(39)41-33-35(32-38)42-37(40)31-28-25-22-19-16-15-17-20-23-26-29-34(2)3/h34-35,38H,4-33H2,1-3H3. The molecule has 0 rings (SSSR count). The van der Waals surface area contributed by atoms with Gasteiger partial charge in [0.25, 0.3) is 0 Å². The molecule has 1 unspecified atom stereocenters. The Morgan fingerprint density at radius 3 is 1.26 bits per heavy atom. The minimum Gasteiger partial charge on any atom is -0.462 e. The largest absolute Gasteiger partial charge is 0.462 e. The van der Waals surface area contributed by atoms with Crippen molar-refractivity contribution in [1.82, 2.24) is 0 Å². The average Bonchev–Trinajstić information content (AvgIpc) is 2.97. The molecule has 250 valence electrons. The maximum atomic E-state index is 12.1. The molecule has 1 N–H and O–H groups in total. The van der Waals surface area contributed by atoms with E-state index in [1.165, 1.54) is 135 Å². The molecule has 5 heteroatoms. The Bertz CT molecular complexity index is 577. The number of aliphatic hydroxyl groups is 1. The van der Waals surface area contributed by atoms with E-state index in [0.717, 1.165) is 38.0 Å². The molecule has 0 spiro atoms. The van der Waals surface area contributed by atoms with Gasteiger partial charge in [0.2, 0.25) is 0 Å². The predicted molar refractivity (Wildman–Crippen MR) is 178 cm³/mol. The van der Waals surface area contributed by atoms with Crippen molar-refractivity contribution in [3.63, 3.8) is 0 Å². The van der Waals surface area contributed by atoms with E-state index in [1.54, 1.807) is 0 Å². The zero-order valence-electron chi connectivity index (χ0n) is 28.4. The second kappa shape index (κ2) is 32.8. The third-order valence-electron chi connectivity index (χ3n) is 8.33. The van der Waals surface area contributed by atoms with Gasteiger partial charge < -0.3 is 14.6 Å². The summed E-state index contributed by atoms with van der Waals surface area (Å²) in [6.45, 7) is 6.48. The van der Waals surface area contributed by atoms with Crippen LogP contribution in [0.2, 0.25) is 0 Å². The first kappa shape index (κ1) is 40.9. The SMILES string of the molecule is CCCCCCCCCCCCCCCCCC(=O)OCC(CO)OC(=O)CCCCCCCCCCCCC(C)C. The highest BCUT2D eigenvalue weighted by Gasteiger charge is 2.16. The zero-order valence-corrected chi connectivity index (χ0v) is 28.4. The van der Waals surface area contributed by atoms with Crippen LogP contribution >= 0.6 is 0 Å². The number of esters is 2. The van der Waals surface area contributed by atoms with Gasteiger partial charge in [0.1, 0.15) is 6.61 Å². The number of hydrogen-bond donors (Lipinski definition) is 1. The minimum absolute atomic E-state index is 0.0583. The summed E-state index contributed by atoms with van der Waals surface area (Å²) >= 11 is 0. The van der Waals surface area contributed by atoms with Gasteiger partial charge in [-0.2, -0.15) is 0 Å². The van der Waals surface area contributed by atoms with Crippen LogP contribution < -0.4 is 0 Å². The van der Waals surface area contributed by atoms with E-state index in [9.17, 15) is 14.7 Å². The second-order valence-corrected chi connectivity index (χ2v) is 13.1. The van der Waals surface area contributed by atoms with Gasteiger partial charge in [0.15, 0.2) is 6.10 Å². The number of aliphatic hydroxyl groups excluding tert-OH is 1. The van der Waals surface area contributed by atoms with Crippen LogP contribution in [0.25, 0.3) is 0 Å². The lowest BCUT2D eigenvalue weighted by Gasteiger charge is -2.15. The topological polar surface area (TPSA) is 72.8 Å². The summed E-state index contributed by atoms with van der Waals surface area (Å²) in [5.74, 6) is 0.247. The average molecular weight is 597 g/mol. The second-order valence-electron chi connectivity index (χ2n) is 13.1. The van der Waals surface area contributed by atoms with E-state index in [0.29, 0.717) is 12.8 Å². The van der Waals surface area contributed by atoms with Crippen molar-refractivity contribution in [3.05, 3.63) is 0 Å². The van der Waals surface area contributed by atoms with Gasteiger partial charge >= 0.3 is 11.9 Å². The molecule has 0 bridgehead atoms. The van der Waals surface area contributed by atoms with E-state index < -0.39 is 6.10 Å². The molecule has 0 fully saturated rings. The highest BCUT2D eigenvalue weighted by Crippen LogP contribution is 2.15. The molecule has 0 aromatic carbocycles. The molecule has 0 aromatic rings. The molecule has 0 aliphatic rings. The van der Waals surface area contributed by atoms with E-state index in [2.05, 4.69) is 20.8 Å². The molecule has 5 nitrogen and oxygen atoms in total. The predicted octanol–water partition coefficient (Wildman–Crippen LogP) is 11.0. The summed E-state index contributed by atoms with van der Waals surface area (Å²) < 4.78 is 10.6. The van der Waals surface area contributed by atoms with Gasteiger partial charge in [-0.05, 0) is 18.8 Å². The van der Waals surface area contributed by atoms with Crippen molar-refractivity contribution < 1.29 is 24.2 Å². The van der Waals surface area contributed by atoms with Gasteiger partial charge in [-0.1, -0.05) is 175 Å². The first-order valence-electron chi connectivity index (χ1n) is 18.5. The van der Waals surface area contributed by atoms with Gasteiger partial charge in [-0.25, -0.2) is 0 Å². The fraction of sp³-hybridized carbons (Fsp3) is 0.946. The molecule has 0 amide bonds. The number of carbonyl (C=O) groups excluding carboxylic acids is 2. The van der Waals surface area contributed by atoms with Crippen LogP contribution in [-0.2, 0) is 19.1 Å². The summed E-state index contributed by atoms with van der Waals surface area (Å²) in [7, 11) is 0. The maximum absolute atomic E-state index is 12.1. The van der Waals surface area contributed by atoms with Crippen LogP contribution in [0.5, 0.6) is 0 Å². The monoisotopic (exact) mass is 597 g/mol. The van der Waals surface area contributed by atoms with Gasteiger partial charge in [0, 0.05) is 12.8 Å². The van der Waals surface area contributed by atoms with Crippen LogP contribution in [0.1, 0.15) is 201 Å². The van der Waals surface area contributed by atoms with Gasteiger partial charge in [0.05, 0.1) is 6.61 Å². The molecule has 1 atom stereocenters. The van der Waals surface area contributed by atoms with Crippen molar-refractivity contribution in [1.29, 1.82) is 0 Å². The summed E-state index contributed by atoms with van der Waals surface area (Å²) in [6.07, 6.45) is 33.0. The lowest BCUT2D eigenvalue weighted by atomic mass is 10.0. The Labute approximate surface area is 261 Å². The molecule has 0 aromatic heterocycles. The lowest BCUT2D eigenvalue weighted by Crippen LogP contribution is -2.28. The minimum atomic E-state index is -0.761. The molecule has 42 heavy (non-hydrogen) atoms. The summed E-state index contributed by atoms with van der Waals surface area (Å²) in [6, 6.07) is 0. The summed E-state index contributed by atoms with van der Waals surface area (Å²) in [5, 5.41) is 9.52. The summed E-state index contributed by atoms with van der Waals surface area (Å²) in [5.41, 5.74) is 0. The van der Waals surface area contributed by atoms with Crippen molar-refractivity contribution in [2.75, 3.05) is 13.2 Å². The highest BCUT2D eigenvalue weighted by molar-refractivity contribution is 5.70. The molecule has 0 saturated carbocycles. The lowest BCUT2D eigenvalue weighted by molar-refractivity contribution is -0.161. The van der Waals surface area contributed by atoms with E-state index in [4.69, 9.17) is 9.47 Å².